The fraction of sp³-hybridized carbons (Fsp3) is 0.143. The van der Waals surface area contributed by atoms with Gasteiger partial charge in [-0.25, -0.2) is 4.39 Å². The molecular weight excluding hydrogens is 283 g/mol. The minimum absolute atomic E-state index is 0.0949. The molecule has 0 saturated carbocycles. The van der Waals surface area contributed by atoms with E-state index in [9.17, 15) is 14.5 Å². The highest BCUT2D eigenvalue weighted by atomic mass is 35.5. The van der Waals surface area contributed by atoms with Crippen molar-refractivity contribution >= 4 is 23.0 Å². The Morgan fingerprint density at radius 1 is 1.30 bits per heavy atom. The van der Waals surface area contributed by atoms with Gasteiger partial charge in [0.2, 0.25) is 0 Å². The molecule has 6 heteroatoms. The topological polar surface area (TPSA) is 55.2 Å². The van der Waals surface area contributed by atoms with Crippen LogP contribution in [0.2, 0.25) is 5.02 Å². The number of aryl methyl sites for hydroxylation is 1. The summed E-state index contributed by atoms with van der Waals surface area (Å²) in [7, 11) is 0. The highest BCUT2D eigenvalue weighted by Gasteiger charge is 2.14. The fourth-order valence-corrected chi connectivity index (χ4v) is 2.01. The van der Waals surface area contributed by atoms with Crippen molar-refractivity contribution in [1.29, 1.82) is 0 Å². The summed E-state index contributed by atoms with van der Waals surface area (Å²) in [5, 5.41) is 14.1. The van der Waals surface area contributed by atoms with Crippen molar-refractivity contribution in [2.75, 3.05) is 5.32 Å². The van der Waals surface area contributed by atoms with Gasteiger partial charge in [0, 0.05) is 23.2 Å². The quantitative estimate of drug-likeness (QED) is 0.675. The van der Waals surface area contributed by atoms with Crippen molar-refractivity contribution < 1.29 is 9.31 Å². The van der Waals surface area contributed by atoms with Gasteiger partial charge in [-0.15, -0.1) is 0 Å². The molecule has 0 spiro atoms. The van der Waals surface area contributed by atoms with Gasteiger partial charge in [0.25, 0.3) is 5.69 Å². The van der Waals surface area contributed by atoms with Gasteiger partial charge in [-0.05, 0) is 25.1 Å². The molecule has 104 valence electrons. The highest BCUT2D eigenvalue weighted by molar-refractivity contribution is 6.31. The lowest BCUT2D eigenvalue weighted by Gasteiger charge is -2.09. The molecule has 0 bridgehead atoms. The van der Waals surface area contributed by atoms with E-state index >= 15 is 0 Å². The Hall–Kier alpha value is -2.14. The van der Waals surface area contributed by atoms with E-state index in [0.29, 0.717) is 10.6 Å². The Kier molecular flexibility index (Phi) is 4.20. The molecule has 0 radical (unpaired) electrons. The average Bonchev–Trinajstić information content (AvgIpc) is 2.39. The number of rotatable bonds is 4. The second-order valence-electron chi connectivity index (χ2n) is 4.37. The molecule has 2 aromatic rings. The number of halogens is 2. The maximum atomic E-state index is 13.6. The molecule has 0 heterocycles. The summed E-state index contributed by atoms with van der Waals surface area (Å²) >= 11 is 5.82. The largest absolute Gasteiger partial charge is 0.375 e. The molecule has 2 aromatic carbocycles. The smallest absolute Gasteiger partial charge is 0.292 e. The maximum Gasteiger partial charge on any atom is 0.292 e. The van der Waals surface area contributed by atoms with Gasteiger partial charge in [-0.3, -0.25) is 10.1 Å². The van der Waals surface area contributed by atoms with Gasteiger partial charge in [0.05, 0.1) is 4.92 Å². The Morgan fingerprint density at radius 2 is 2.05 bits per heavy atom. The second kappa shape index (κ2) is 5.88. The predicted molar refractivity (Wildman–Crippen MR) is 76.6 cm³/mol. The molecule has 0 saturated heterocycles. The third-order valence-electron chi connectivity index (χ3n) is 2.83. The van der Waals surface area contributed by atoms with Crippen molar-refractivity contribution in [3.8, 4) is 0 Å². The van der Waals surface area contributed by atoms with Crippen LogP contribution in [0.15, 0.2) is 36.4 Å². The molecule has 0 amide bonds. The van der Waals surface area contributed by atoms with E-state index in [-0.39, 0.29) is 23.7 Å². The number of anilines is 1. The van der Waals surface area contributed by atoms with Crippen molar-refractivity contribution in [3.05, 3.63) is 68.5 Å². The minimum Gasteiger partial charge on any atom is -0.375 e. The Bertz CT molecular complexity index is 662. The summed E-state index contributed by atoms with van der Waals surface area (Å²) < 4.78 is 13.6. The van der Waals surface area contributed by atoms with E-state index in [0.717, 1.165) is 5.56 Å². The zero-order chi connectivity index (χ0) is 14.7. The normalized spacial score (nSPS) is 10.3. The summed E-state index contributed by atoms with van der Waals surface area (Å²) in [5.74, 6) is -0.354. The summed E-state index contributed by atoms with van der Waals surface area (Å²) in [5.41, 5.74) is 1.54. The predicted octanol–water partition coefficient (Wildman–Crippen LogP) is 4.31. The van der Waals surface area contributed by atoms with Crippen molar-refractivity contribution in [2.45, 2.75) is 13.5 Å². The van der Waals surface area contributed by atoms with E-state index in [4.69, 9.17) is 11.6 Å². The molecule has 0 atom stereocenters. The van der Waals surface area contributed by atoms with Crippen LogP contribution in [-0.2, 0) is 6.54 Å². The van der Waals surface area contributed by atoms with Crippen LogP contribution in [0.4, 0.5) is 15.8 Å². The van der Waals surface area contributed by atoms with Gasteiger partial charge in [-0.1, -0.05) is 29.3 Å². The van der Waals surface area contributed by atoms with Crippen LogP contribution in [0.1, 0.15) is 11.1 Å². The van der Waals surface area contributed by atoms with Gasteiger partial charge in [-0.2, -0.15) is 0 Å². The van der Waals surface area contributed by atoms with Crippen LogP contribution >= 0.6 is 11.6 Å². The summed E-state index contributed by atoms with van der Waals surface area (Å²) in [6, 6.07) is 8.95. The fourth-order valence-electron chi connectivity index (χ4n) is 1.84. The zero-order valence-electron chi connectivity index (χ0n) is 10.7. The molecule has 20 heavy (non-hydrogen) atoms. The first-order chi connectivity index (χ1) is 9.47. The van der Waals surface area contributed by atoms with Gasteiger partial charge in [0.1, 0.15) is 11.5 Å². The third-order valence-corrected chi connectivity index (χ3v) is 3.06. The van der Waals surface area contributed by atoms with Gasteiger partial charge in [0.15, 0.2) is 0 Å². The molecule has 0 aliphatic heterocycles. The van der Waals surface area contributed by atoms with E-state index in [1.165, 1.54) is 24.3 Å². The molecule has 0 aliphatic carbocycles. The molecule has 2 rings (SSSR count). The first-order valence-electron chi connectivity index (χ1n) is 5.90. The molecule has 4 nitrogen and oxygen atoms in total. The van der Waals surface area contributed by atoms with Crippen LogP contribution in [0.3, 0.4) is 0 Å². The standard InChI is InChI=1S/C14H12ClFN2O2/c1-9-2-4-12(16)10(6-9)8-17-13-7-11(15)3-5-14(13)18(19)20/h2-7,17H,8H2,1H3. The van der Waals surface area contributed by atoms with Crippen molar-refractivity contribution in [3.63, 3.8) is 0 Å². The number of benzene rings is 2. The second-order valence-corrected chi connectivity index (χ2v) is 4.80. The van der Waals surface area contributed by atoms with Crippen LogP contribution < -0.4 is 5.32 Å². The maximum absolute atomic E-state index is 13.6. The number of hydrogen-bond acceptors (Lipinski definition) is 3. The Labute approximate surface area is 120 Å². The Balaban J connectivity index is 2.24. The lowest BCUT2D eigenvalue weighted by molar-refractivity contribution is -0.384. The van der Waals surface area contributed by atoms with E-state index < -0.39 is 4.92 Å². The lowest BCUT2D eigenvalue weighted by Crippen LogP contribution is -2.04. The first kappa shape index (κ1) is 14.3. The molecule has 0 aliphatic rings. The van der Waals surface area contributed by atoms with Crippen LogP contribution in [0.5, 0.6) is 0 Å². The van der Waals surface area contributed by atoms with E-state index in [2.05, 4.69) is 5.32 Å². The summed E-state index contributed by atoms with van der Waals surface area (Å²) in [6.07, 6.45) is 0. The summed E-state index contributed by atoms with van der Waals surface area (Å²) in [6.45, 7) is 2.00. The first-order valence-corrected chi connectivity index (χ1v) is 6.28. The molecule has 0 fully saturated rings. The number of nitro benzene ring substituents is 1. The number of nitrogens with one attached hydrogen (secondary N) is 1. The van der Waals surface area contributed by atoms with Gasteiger partial charge >= 0.3 is 0 Å². The molecular formula is C14H12ClFN2O2. The van der Waals surface area contributed by atoms with Crippen molar-refractivity contribution in [2.24, 2.45) is 0 Å². The van der Waals surface area contributed by atoms with Gasteiger partial charge < -0.3 is 5.32 Å². The highest BCUT2D eigenvalue weighted by Crippen LogP contribution is 2.28. The molecule has 0 aromatic heterocycles. The number of nitro groups is 1. The van der Waals surface area contributed by atoms with E-state index in [1.54, 1.807) is 12.1 Å². The van der Waals surface area contributed by atoms with Crippen LogP contribution in [0, 0.1) is 22.9 Å². The zero-order valence-corrected chi connectivity index (χ0v) is 11.4. The SMILES string of the molecule is Cc1ccc(F)c(CNc2cc(Cl)ccc2[N+](=O)[O-])c1. The minimum atomic E-state index is -0.509. The average molecular weight is 295 g/mol. The molecule has 0 unspecified atom stereocenters. The third kappa shape index (κ3) is 3.24. The van der Waals surface area contributed by atoms with Crippen LogP contribution in [0.25, 0.3) is 0 Å². The number of hydrogen-bond donors (Lipinski definition) is 1. The summed E-state index contributed by atoms with van der Waals surface area (Å²) in [4.78, 5) is 10.4. The van der Waals surface area contributed by atoms with Crippen molar-refractivity contribution in [1.82, 2.24) is 0 Å². The number of nitrogens with zero attached hydrogens (tertiary/aromatic N) is 1. The monoisotopic (exact) mass is 294 g/mol. The lowest BCUT2D eigenvalue weighted by atomic mass is 10.1. The van der Waals surface area contributed by atoms with Crippen LogP contribution in [-0.4, -0.2) is 4.92 Å². The van der Waals surface area contributed by atoms with E-state index in [1.807, 2.05) is 6.92 Å². The Morgan fingerprint density at radius 3 is 2.75 bits per heavy atom. The molecule has 1 N–H and O–H groups in total.